The van der Waals surface area contributed by atoms with Gasteiger partial charge < -0.3 is 26.8 Å². The fraction of sp³-hybridized carbons (Fsp3) is 0.308. The molecule has 120 valence electrons. The molecule has 0 aliphatic heterocycles. The van der Waals surface area contributed by atoms with Crippen LogP contribution in [-0.4, -0.2) is 36.5 Å². The number of nitrogens with two attached hydrogens (primary N) is 2. The van der Waals surface area contributed by atoms with E-state index in [2.05, 4.69) is 5.32 Å². The molecule has 22 heavy (non-hydrogen) atoms. The Morgan fingerprint density at radius 1 is 1.14 bits per heavy atom. The van der Waals surface area contributed by atoms with Gasteiger partial charge in [-0.2, -0.15) is 0 Å². The molecule has 4 amide bonds. The third-order valence-electron chi connectivity index (χ3n) is 2.54. The van der Waals surface area contributed by atoms with E-state index in [4.69, 9.17) is 16.2 Å². The minimum absolute atomic E-state index is 0.0941. The highest BCUT2D eigenvalue weighted by atomic mass is 19.1. The second kappa shape index (κ2) is 7.81. The predicted molar refractivity (Wildman–Crippen MR) is 75.2 cm³/mol. The van der Waals surface area contributed by atoms with Crippen molar-refractivity contribution in [3.63, 3.8) is 0 Å². The van der Waals surface area contributed by atoms with Crippen molar-refractivity contribution in [2.24, 2.45) is 11.5 Å². The first kappa shape index (κ1) is 17.2. The van der Waals surface area contributed by atoms with Crippen molar-refractivity contribution < 1.29 is 23.5 Å². The van der Waals surface area contributed by atoms with Crippen molar-refractivity contribution in [2.75, 3.05) is 6.61 Å². The molecule has 0 saturated heterocycles. The topological polar surface area (TPSA) is 137 Å². The number of amides is 4. The average molecular weight is 312 g/mol. The van der Waals surface area contributed by atoms with Gasteiger partial charge in [0.25, 0.3) is 0 Å². The molecular weight excluding hydrogens is 295 g/mol. The molecule has 0 radical (unpaired) electrons. The van der Waals surface area contributed by atoms with Crippen LogP contribution < -0.4 is 26.8 Å². The highest BCUT2D eigenvalue weighted by Crippen LogP contribution is 2.11. The SMILES string of the molecule is C[C@H](COc1ccc(F)cc1)NC(=O)NC(C(N)=O)C(N)=O. The van der Waals surface area contributed by atoms with E-state index < -0.39 is 29.9 Å². The molecule has 0 heterocycles. The fourth-order valence-corrected chi connectivity index (χ4v) is 1.47. The molecule has 8 nitrogen and oxygen atoms in total. The lowest BCUT2D eigenvalue weighted by molar-refractivity contribution is -0.128. The summed E-state index contributed by atoms with van der Waals surface area (Å²) in [4.78, 5) is 33.4. The molecule has 0 aromatic heterocycles. The van der Waals surface area contributed by atoms with E-state index in [1.54, 1.807) is 6.92 Å². The molecule has 1 atom stereocenters. The van der Waals surface area contributed by atoms with Gasteiger partial charge in [-0.1, -0.05) is 0 Å². The van der Waals surface area contributed by atoms with Crippen LogP contribution in [0.25, 0.3) is 0 Å². The van der Waals surface area contributed by atoms with Crippen molar-refractivity contribution in [1.29, 1.82) is 0 Å². The van der Waals surface area contributed by atoms with Gasteiger partial charge in [-0.25, -0.2) is 9.18 Å². The second-order valence-corrected chi connectivity index (χ2v) is 4.52. The zero-order chi connectivity index (χ0) is 16.7. The number of primary amides is 2. The lowest BCUT2D eigenvalue weighted by atomic mass is 10.2. The summed E-state index contributed by atoms with van der Waals surface area (Å²) in [6.45, 7) is 1.73. The van der Waals surface area contributed by atoms with E-state index in [9.17, 15) is 18.8 Å². The van der Waals surface area contributed by atoms with E-state index in [1.807, 2.05) is 5.32 Å². The number of ether oxygens (including phenoxy) is 1. The maximum atomic E-state index is 12.7. The van der Waals surface area contributed by atoms with Crippen LogP contribution in [0.15, 0.2) is 24.3 Å². The van der Waals surface area contributed by atoms with Crippen molar-refractivity contribution in [3.8, 4) is 5.75 Å². The maximum Gasteiger partial charge on any atom is 0.316 e. The second-order valence-electron chi connectivity index (χ2n) is 4.52. The number of hydrogen-bond acceptors (Lipinski definition) is 4. The summed E-state index contributed by atoms with van der Waals surface area (Å²) < 4.78 is 18.0. The smallest absolute Gasteiger partial charge is 0.316 e. The molecule has 0 aliphatic carbocycles. The van der Waals surface area contributed by atoms with Gasteiger partial charge in [-0.05, 0) is 31.2 Å². The van der Waals surface area contributed by atoms with Gasteiger partial charge in [0, 0.05) is 0 Å². The molecule has 0 saturated carbocycles. The zero-order valence-corrected chi connectivity index (χ0v) is 11.8. The number of rotatable bonds is 7. The Kier molecular flexibility index (Phi) is 6.11. The predicted octanol–water partition coefficient (Wildman–Crippen LogP) is -0.769. The monoisotopic (exact) mass is 312 g/mol. The molecule has 0 spiro atoms. The van der Waals surface area contributed by atoms with Crippen molar-refractivity contribution >= 4 is 17.8 Å². The zero-order valence-electron chi connectivity index (χ0n) is 11.8. The Labute approximate surface area is 126 Å². The number of carbonyl (C=O) groups is 3. The van der Waals surface area contributed by atoms with Gasteiger partial charge in [0.05, 0.1) is 6.04 Å². The Hall–Kier alpha value is -2.84. The van der Waals surface area contributed by atoms with Crippen LogP contribution in [0.1, 0.15) is 6.92 Å². The van der Waals surface area contributed by atoms with Gasteiger partial charge in [-0.3, -0.25) is 9.59 Å². The lowest BCUT2D eigenvalue weighted by Gasteiger charge is -2.17. The quantitative estimate of drug-likeness (QED) is 0.491. The Morgan fingerprint density at radius 2 is 1.68 bits per heavy atom. The van der Waals surface area contributed by atoms with Crippen molar-refractivity contribution in [3.05, 3.63) is 30.1 Å². The molecule has 6 N–H and O–H groups in total. The first-order valence-electron chi connectivity index (χ1n) is 6.33. The third-order valence-corrected chi connectivity index (χ3v) is 2.54. The molecule has 1 aromatic rings. The number of hydrogen-bond donors (Lipinski definition) is 4. The molecule has 0 unspecified atom stereocenters. The average Bonchev–Trinajstić information content (AvgIpc) is 2.43. The van der Waals surface area contributed by atoms with Crippen LogP contribution in [0.2, 0.25) is 0 Å². The number of halogens is 1. The lowest BCUT2D eigenvalue weighted by Crippen LogP contribution is -2.56. The largest absolute Gasteiger partial charge is 0.491 e. The molecule has 0 bridgehead atoms. The van der Waals surface area contributed by atoms with Crippen molar-refractivity contribution in [2.45, 2.75) is 19.0 Å². The highest BCUT2D eigenvalue weighted by molar-refractivity contribution is 6.05. The standard InChI is InChI=1S/C13H17FN4O4/c1-7(6-22-9-4-2-8(14)3-5-9)17-13(21)18-10(11(15)19)12(16)20/h2-5,7,10H,6H2,1H3,(H2,15,19)(H2,16,20)(H2,17,18,21)/t7-/m1/s1. The van der Waals surface area contributed by atoms with E-state index >= 15 is 0 Å². The van der Waals surface area contributed by atoms with Gasteiger partial charge in [0.15, 0.2) is 6.04 Å². The first-order valence-corrected chi connectivity index (χ1v) is 6.33. The van der Waals surface area contributed by atoms with E-state index in [0.29, 0.717) is 5.75 Å². The Morgan fingerprint density at radius 3 is 2.18 bits per heavy atom. The van der Waals surface area contributed by atoms with E-state index in [0.717, 1.165) is 0 Å². The minimum Gasteiger partial charge on any atom is -0.491 e. The number of carbonyl (C=O) groups excluding carboxylic acids is 3. The maximum absolute atomic E-state index is 12.7. The summed E-state index contributed by atoms with van der Waals surface area (Å²) in [5.41, 5.74) is 9.85. The summed E-state index contributed by atoms with van der Waals surface area (Å²) in [6.07, 6.45) is 0. The van der Waals surface area contributed by atoms with Crippen LogP contribution in [0.3, 0.4) is 0 Å². The highest BCUT2D eigenvalue weighted by Gasteiger charge is 2.24. The minimum atomic E-state index is -1.59. The van der Waals surface area contributed by atoms with Crippen LogP contribution >= 0.6 is 0 Å². The summed E-state index contributed by atoms with van der Waals surface area (Å²) in [6, 6.07) is 2.53. The van der Waals surface area contributed by atoms with Gasteiger partial charge >= 0.3 is 6.03 Å². The Balaban J connectivity index is 2.42. The van der Waals surface area contributed by atoms with Crippen LogP contribution in [0, 0.1) is 5.82 Å². The molecule has 1 aromatic carbocycles. The van der Waals surface area contributed by atoms with Gasteiger partial charge in [0.2, 0.25) is 11.8 Å². The third kappa shape index (κ3) is 5.65. The molecular formula is C13H17FN4O4. The number of nitrogens with one attached hydrogen (secondary N) is 2. The van der Waals surface area contributed by atoms with Crippen LogP contribution in [0.5, 0.6) is 5.75 Å². The van der Waals surface area contributed by atoms with Crippen molar-refractivity contribution in [1.82, 2.24) is 10.6 Å². The summed E-state index contributed by atoms with van der Waals surface area (Å²) >= 11 is 0. The van der Waals surface area contributed by atoms with Crippen LogP contribution in [-0.2, 0) is 9.59 Å². The summed E-state index contributed by atoms with van der Waals surface area (Å²) in [5, 5.41) is 4.49. The Bertz CT molecular complexity index is 535. The molecule has 0 fully saturated rings. The molecule has 1 rings (SSSR count). The van der Waals surface area contributed by atoms with Gasteiger partial charge in [0.1, 0.15) is 18.2 Å². The molecule has 9 heteroatoms. The summed E-state index contributed by atoms with van der Waals surface area (Å²) in [7, 11) is 0. The number of benzene rings is 1. The normalized spacial score (nSPS) is 11.6. The number of urea groups is 1. The fourth-order valence-electron chi connectivity index (χ4n) is 1.47. The van der Waals surface area contributed by atoms with E-state index in [1.165, 1.54) is 24.3 Å². The van der Waals surface area contributed by atoms with Crippen LogP contribution in [0.4, 0.5) is 9.18 Å². The van der Waals surface area contributed by atoms with E-state index in [-0.39, 0.29) is 12.4 Å². The first-order chi connectivity index (χ1) is 10.3. The summed E-state index contributed by atoms with van der Waals surface area (Å²) in [5.74, 6) is -2.07. The molecule has 0 aliphatic rings. The van der Waals surface area contributed by atoms with Gasteiger partial charge in [-0.15, -0.1) is 0 Å².